The van der Waals surface area contributed by atoms with Crippen molar-refractivity contribution in [3.63, 3.8) is 0 Å². The van der Waals surface area contributed by atoms with Gasteiger partial charge >= 0.3 is 5.69 Å². The highest BCUT2D eigenvalue weighted by Crippen LogP contribution is 2.36. The number of imidazole rings is 1. The van der Waals surface area contributed by atoms with Crippen LogP contribution < -0.4 is 11.0 Å². The molecule has 0 unspecified atom stereocenters. The molecule has 102 valence electrons. The van der Waals surface area contributed by atoms with Gasteiger partial charge in [0, 0.05) is 6.04 Å². The number of H-pyrrole nitrogens is 1. The minimum atomic E-state index is -0.187. The quantitative estimate of drug-likeness (QED) is 0.793. The molecule has 2 aromatic rings. The number of nitrogens with zero attached hydrogens (tertiary/aromatic N) is 1. The highest BCUT2D eigenvalue weighted by molar-refractivity contribution is 6.47. The van der Waals surface area contributed by atoms with E-state index in [0.29, 0.717) is 26.1 Å². The summed E-state index contributed by atoms with van der Waals surface area (Å²) < 4.78 is 1.71. The molecule has 1 fully saturated rings. The molecule has 0 spiro atoms. The van der Waals surface area contributed by atoms with E-state index in [1.165, 1.54) is 0 Å². The number of fused-ring (bicyclic) bond motifs is 1. The van der Waals surface area contributed by atoms with E-state index in [9.17, 15) is 4.79 Å². The monoisotopic (exact) mass is 319 g/mol. The number of hydrogen-bond donors (Lipinski definition) is 2. The standard InChI is InChI=1S/C12H12Cl3N3O/c13-7-5-8(14)11-10(9(7)15)17-12(19)18(11)6-1-3-16-4-2-6/h5-6,16H,1-4H2,(H,17,19). The predicted molar refractivity (Wildman–Crippen MR) is 78.7 cm³/mol. The summed E-state index contributed by atoms with van der Waals surface area (Å²) >= 11 is 18.4. The molecule has 0 amide bonds. The maximum absolute atomic E-state index is 12.2. The molecule has 1 aliphatic heterocycles. The van der Waals surface area contributed by atoms with E-state index in [1.54, 1.807) is 10.6 Å². The van der Waals surface area contributed by atoms with Gasteiger partial charge in [-0.1, -0.05) is 34.8 Å². The van der Waals surface area contributed by atoms with Crippen LogP contribution in [0.1, 0.15) is 18.9 Å². The molecule has 0 bridgehead atoms. The van der Waals surface area contributed by atoms with E-state index in [4.69, 9.17) is 34.8 Å². The van der Waals surface area contributed by atoms with Crippen LogP contribution >= 0.6 is 34.8 Å². The number of halogens is 3. The molecular weight excluding hydrogens is 309 g/mol. The number of aromatic nitrogens is 2. The zero-order chi connectivity index (χ0) is 13.6. The van der Waals surface area contributed by atoms with Gasteiger partial charge in [0.05, 0.1) is 26.1 Å². The van der Waals surface area contributed by atoms with E-state index in [-0.39, 0.29) is 11.7 Å². The Balaban J connectivity index is 2.27. The minimum absolute atomic E-state index is 0.136. The Labute approximate surface area is 124 Å². The van der Waals surface area contributed by atoms with Crippen LogP contribution in [-0.2, 0) is 0 Å². The van der Waals surface area contributed by atoms with Crippen LogP contribution in [0.4, 0.5) is 0 Å². The van der Waals surface area contributed by atoms with E-state index in [1.807, 2.05) is 0 Å². The Morgan fingerprint density at radius 3 is 2.53 bits per heavy atom. The Bertz CT molecular complexity index is 686. The molecule has 2 heterocycles. The zero-order valence-corrected chi connectivity index (χ0v) is 12.2. The van der Waals surface area contributed by atoms with Crippen molar-refractivity contribution in [3.05, 3.63) is 31.6 Å². The second-order valence-corrected chi connectivity index (χ2v) is 5.85. The van der Waals surface area contributed by atoms with Gasteiger partial charge in [-0.15, -0.1) is 0 Å². The van der Waals surface area contributed by atoms with E-state index < -0.39 is 0 Å². The van der Waals surface area contributed by atoms with Crippen LogP contribution in [0.2, 0.25) is 15.1 Å². The molecule has 1 aromatic heterocycles. The lowest BCUT2D eigenvalue weighted by Crippen LogP contribution is -2.33. The molecule has 0 aliphatic carbocycles. The van der Waals surface area contributed by atoms with Gasteiger partial charge in [0.25, 0.3) is 0 Å². The lowest BCUT2D eigenvalue weighted by atomic mass is 10.1. The van der Waals surface area contributed by atoms with Gasteiger partial charge in [-0.05, 0) is 32.0 Å². The SMILES string of the molecule is O=c1[nH]c2c(Cl)c(Cl)cc(Cl)c2n1C1CCNCC1. The maximum atomic E-state index is 12.2. The van der Waals surface area contributed by atoms with E-state index in [2.05, 4.69) is 10.3 Å². The number of benzene rings is 1. The summed E-state index contributed by atoms with van der Waals surface area (Å²) in [5, 5.41) is 4.40. The summed E-state index contributed by atoms with van der Waals surface area (Å²) in [5.41, 5.74) is 0.976. The van der Waals surface area contributed by atoms with Crippen molar-refractivity contribution in [2.75, 3.05) is 13.1 Å². The van der Waals surface area contributed by atoms with Crippen LogP contribution in [0.25, 0.3) is 11.0 Å². The Morgan fingerprint density at radius 1 is 1.16 bits per heavy atom. The lowest BCUT2D eigenvalue weighted by molar-refractivity contribution is 0.368. The number of hydrogen-bond acceptors (Lipinski definition) is 2. The van der Waals surface area contributed by atoms with Crippen molar-refractivity contribution in [2.24, 2.45) is 0 Å². The molecule has 2 N–H and O–H groups in total. The fourth-order valence-electron chi connectivity index (χ4n) is 2.62. The molecular formula is C12H12Cl3N3O. The molecule has 1 saturated heterocycles. The van der Waals surface area contributed by atoms with Crippen molar-refractivity contribution in [2.45, 2.75) is 18.9 Å². The molecule has 0 atom stereocenters. The summed E-state index contributed by atoms with van der Waals surface area (Å²) in [4.78, 5) is 14.9. The molecule has 0 radical (unpaired) electrons. The first kappa shape index (κ1) is 13.3. The van der Waals surface area contributed by atoms with Crippen LogP contribution in [-0.4, -0.2) is 22.6 Å². The average molecular weight is 321 g/mol. The van der Waals surface area contributed by atoms with Crippen molar-refractivity contribution in [1.29, 1.82) is 0 Å². The maximum Gasteiger partial charge on any atom is 0.326 e. The summed E-state index contributed by atoms with van der Waals surface area (Å²) in [7, 11) is 0. The van der Waals surface area contributed by atoms with Gasteiger partial charge in [-0.2, -0.15) is 0 Å². The Morgan fingerprint density at radius 2 is 1.84 bits per heavy atom. The number of aromatic amines is 1. The van der Waals surface area contributed by atoms with Crippen molar-refractivity contribution >= 4 is 45.8 Å². The second-order valence-electron chi connectivity index (χ2n) is 4.66. The summed E-state index contributed by atoms with van der Waals surface area (Å²) in [6.07, 6.45) is 1.78. The molecule has 1 aliphatic rings. The first-order chi connectivity index (χ1) is 9.09. The summed E-state index contributed by atoms with van der Waals surface area (Å²) in [6.45, 7) is 1.78. The van der Waals surface area contributed by atoms with Gasteiger partial charge in [-0.3, -0.25) is 4.57 Å². The third-order valence-corrected chi connectivity index (χ3v) is 4.59. The van der Waals surface area contributed by atoms with Gasteiger partial charge in [-0.25, -0.2) is 4.79 Å². The molecule has 0 saturated carbocycles. The van der Waals surface area contributed by atoms with Crippen molar-refractivity contribution in [1.82, 2.24) is 14.9 Å². The summed E-state index contributed by atoms with van der Waals surface area (Å²) in [5.74, 6) is 0. The van der Waals surface area contributed by atoms with Crippen LogP contribution in [0.3, 0.4) is 0 Å². The second kappa shape index (κ2) is 5.02. The Hall–Kier alpha value is -0.680. The third-order valence-electron chi connectivity index (χ3n) is 3.51. The molecule has 7 heteroatoms. The molecule has 19 heavy (non-hydrogen) atoms. The average Bonchev–Trinajstić information content (AvgIpc) is 2.75. The van der Waals surface area contributed by atoms with Crippen LogP contribution in [0.15, 0.2) is 10.9 Å². The van der Waals surface area contributed by atoms with Crippen LogP contribution in [0, 0.1) is 0 Å². The smallest absolute Gasteiger partial charge is 0.317 e. The van der Waals surface area contributed by atoms with Crippen LogP contribution in [0.5, 0.6) is 0 Å². The van der Waals surface area contributed by atoms with Gasteiger partial charge in [0.15, 0.2) is 0 Å². The highest BCUT2D eigenvalue weighted by Gasteiger charge is 2.23. The number of piperidine rings is 1. The topological polar surface area (TPSA) is 49.8 Å². The van der Waals surface area contributed by atoms with E-state index >= 15 is 0 Å². The van der Waals surface area contributed by atoms with Gasteiger partial charge in [0.2, 0.25) is 0 Å². The largest absolute Gasteiger partial charge is 0.326 e. The predicted octanol–water partition coefficient (Wildman–Crippen LogP) is 3.21. The van der Waals surface area contributed by atoms with E-state index in [0.717, 1.165) is 25.9 Å². The lowest BCUT2D eigenvalue weighted by Gasteiger charge is -2.24. The van der Waals surface area contributed by atoms with Gasteiger partial charge < -0.3 is 10.3 Å². The highest BCUT2D eigenvalue weighted by atomic mass is 35.5. The number of nitrogens with one attached hydrogen (secondary N) is 2. The normalized spacial score (nSPS) is 17.2. The molecule has 4 nitrogen and oxygen atoms in total. The third kappa shape index (κ3) is 2.17. The fourth-order valence-corrected chi connectivity index (χ4v) is 3.36. The zero-order valence-electron chi connectivity index (χ0n) is 9.97. The first-order valence-electron chi connectivity index (χ1n) is 6.08. The van der Waals surface area contributed by atoms with Crippen molar-refractivity contribution in [3.8, 4) is 0 Å². The van der Waals surface area contributed by atoms with Crippen molar-refractivity contribution < 1.29 is 0 Å². The molecule has 3 rings (SSSR count). The summed E-state index contributed by atoms with van der Waals surface area (Å²) in [6, 6.07) is 1.72. The van der Waals surface area contributed by atoms with Gasteiger partial charge in [0.1, 0.15) is 0 Å². The number of rotatable bonds is 1. The Kier molecular flexibility index (Phi) is 3.52. The minimum Gasteiger partial charge on any atom is -0.317 e. The fraction of sp³-hybridized carbons (Fsp3) is 0.417. The first-order valence-corrected chi connectivity index (χ1v) is 7.21. The molecule has 1 aromatic carbocycles.